The zero-order valence-electron chi connectivity index (χ0n) is 18.1. The van der Waals surface area contributed by atoms with E-state index in [4.69, 9.17) is 4.74 Å². The molecule has 2 heterocycles. The molecule has 0 aliphatic rings. The molecule has 0 aliphatic carbocycles. The fraction of sp³-hybridized carbons (Fsp3) is 0.0833. The van der Waals surface area contributed by atoms with Gasteiger partial charge in [0.05, 0.1) is 24.1 Å². The monoisotopic (exact) mass is 457 g/mol. The number of nitro groups is 1. The lowest BCUT2D eigenvalue weighted by Gasteiger charge is -2.22. The number of rotatable bonds is 8. The smallest absolute Gasteiger partial charge is 0.373 e. The van der Waals surface area contributed by atoms with Gasteiger partial charge in [0.15, 0.2) is 0 Å². The summed E-state index contributed by atoms with van der Waals surface area (Å²) in [6.45, 7) is 0.281. The number of methoxy groups -OCH3 is 1. The molecule has 0 unspecified atom stereocenters. The summed E-state index contributed by atoms with van der Waals surface area (Å²) in [5, 5.41) is 12.1. The average Bonchev–Trinajstić information content (AvgIpc) is 2.88. The van der Waals surface area contributed by atoms with Gasteiger partial charge in [-0.1, -0.05) is 36.4 Å². The van der Waals surface area contributed by atoms with E-state index in [9.17, 15) is 14.9 Å². The second-order valence-corrected chi connectivity index (χ2v) is 6.99. The van der Waals surface area contributed by atoms with Crippen LogP contribution in [0.1, 0.15) is 15.9 Å². The van der Waals surface area contributed by atoms with Crippen molar-refractivity contribution in [2.45, 2.75) is 6.54 Å². The van der Waals surface area contributed by atoms with Crippen LogP contribution < -0.4 is 9.64 Å². The van der Waals surface area contributed by atoms with Crippen LogP contribution in [0.25, 0.3) is 0 Å². The highest BCUT2D eigenvalue weighted by atomic mass is 16.6. The minimum absolute atomic E-state index is 0.0312. The van der Waals surface area contributed by atoms with Gasteiger partial charge in [-0.15, -0.1) is 0 Å². The molecule has 0 spiro atoms. The van der Waals surface area contributed by atoms with E-state index < -0.39 is 16.6 Å². The highest BCUT2D eigenvalue weighted by Gasteiger charge is 2.30. The maximum absolute atomic E-state index is 12.1. The molecule has 4 aromatic rings. The number of ether oxygens (including phenoxy) is 2. The average molecular weight is 457 g/mol. The third-order valence-electron chi connectivity index (χ3n) is 4.81. The van der Waals surface area contributed by atoms with Gasteiger partial charge in [-0.2, -0.15) is 4.98 Å². The van der Waals surface area contributed by atoms with Gasteiger partial charge in [0.2, 0.25) is 5.82 Å². The van der Waals surface area contributed by atoms with Crippen LogP contribution in [0.2, 0.25) is 0 Å². The normalized spacial score (nSPS) is 10.4. The Morgan fingerprint density at radius 2 is 1.71 bits per heavy atom. The molecule has 34 heavy (non-hydrogen) atoms. The maximum atomic E-state index is 12.1. The Balaban J connectivity index is 1.75. The number of nitrogens with zero attached hydrogens (tertiary/aromatic N) is 5. The van der Waals surface area contributed by atoms with Gasteiger partial charge >= 0.3 is 17.5 Å². The first-order chi connectivity index (χ1) is 16.6. The van der Waals surface area contributed by atoms with Gasteiger partial charge in [0, 0.05) is 6.20 Å². The molecule has 0 radical (unpaired) electrons. The molecule has 0 fully saturated rings. The molecule has 0 atom stereocenters. The summed E-state index contributed by atoms with van der Waals surface area (Å²) >= 11 is 0. The zero-order chi connectivity index (χ0) is 23.9. The van der Waals surface area contributed by atoms with E-state index in [-0.39, 0.29) is 24.0 Å². The number of aromatic nitrogens is 3. The lowest BCUT2D eigenvalue weighted by Crippen LogP contribution is -2.20. The molecule has 10 nitrogen and oxygen atoms in total. The van der Waals surface area contributed by atoms with Crippen molar-refractivity contribution in [3.63, 3.8) is 0 Å². The van der Waals surface area contributed by atoms with Crippen LogP contribution in [0.5, 0.6) is 11.6 Å². The summed E-state index contributed by atoms with van der Waals surface area (Å²) in [5.74, 6) is 0.0155. The van der Waals surface area contributed by atoms with Crippen molar-refractivity contribution in [2.24, 2.45) is 0 Å². The lowest BCUT2D eigenvalue weighted by atomic mass is 10.2. The largest absolute Gasteiger partial charge is 0.465 e. The fourth-order valence-electron chi connectivity index (χ4n) is 3.22. The van der Waals surface area contributed by atoms with E-state index in [2.05, 4.69) is 19.7 Å². The molecule has 0 saturated carbocycles. The van der Waals surface area contributed by atoms with Gasteiger partial charge < -0.3 is 14.4 Å². The van der Waals surface area contributed by atoms with Crippen LogP contribution in [0, 0.1) is 10.1 Å². The van der Waals surface area contributed by atoms with E-state index in [0.29, 0.717) is 11.4 Å². The minimum Gasteiger partial charge on any atom is -0.465 e. The third kappa shape index (κ3) is 4.96. The van der Waals surface area contributed by atoms with Crippen molar-refractivity contribution in [3.05, 3.63) is 107 Å². The summed E-state index contributed by atoms with van der Waals surface area (Å²) in [5.41, 5.74) is 0.806. The van der Waals surface area contributed by atoms with Crippen LogP contribution in [-0.2, 0) is 11.3 Å². The van der Waals surface area contributed by atoms with Crippen molar-refractivity contribution in [3.8, 4) is 11.6 Å². The van der Waals surface area contributed by atoms with Gasteiger partial charge in [-0.3, -0.25) is 10.1 Å². The second-order valence-electron chi connectivity index (χ2n) is 6.99. The number of pyridine rings is 1. The number of carbonyl (C=O) groups is 1. The number of benzene rings is 2. The first kappa shape index (κ1) is 22.3. The van der Waals surface area contributed by atoms with E-state index in [1.807, 2.05) is 30.3 Å². The summed E-state index contributed by atoms with van der Waals surface area (Å²) in [6.07, 6.45) is 2.79. The Hall–Kier alpha value is -4.86. The topological polar surface area (TPSA) is 121 Å². The first-order valence-electron chi connectivity index (χ1n) is 10.1. The molecule has 4 rings (SSSR count). The van der Waals surface area contributed by atoms with Crippen molar-refractivity contribution >= 4 is 23.3 Å². The van der Waals surface area contributed by atoms with Crippen molar-refractivity contribution in [2.75, 3.05) is 12.0 Å². The molecule has 0 bridgehead atoms. The molecule has 0 amide bonds. The van der Waals surface area contributed by atoms with Crippen molar-refractivity contribution < 1.29 is 19.2 Å². The maximum Gasteiger partial charge on any atom is 0.373 e. The standard InChI is InChI=1S/C24H19N5O5/c1-33-24(30)18-10-12-19(13-11-18)34-23-21(29(31)32)22(26-16-27-23)28(20-9-5-6-14-25-20)15-17-7-3-2-4-8-17/h2-14,16H,15H2,1H3. The first-order valence-corrected chi connectivity index (χ1v) is 10.1. The van der Waals surface area contributed by atoms with Crippen LogP contribution in [0.3, 0.4) is 0 Å². The number of carbonyl (C=O) groups excluding carboxylic acids is 1. The van der Waals surface area contributed by atoms with Crippen LogP contribution >= 0.6 is 0 Å². The summed E-state index contributed by atoms with van der Waals surface area (Å²) in [6, 6.07) is 20.7. The summed E-state index contributed by atoms with van der Waals surface area (Å²) in [4.78, 5) is 37.4. The second kappa shape index (κ2) is 10.2. The van der Waals surface area contributed by atoms with E-state index >= 15 is 0 Å². The predicted octanol–water partition coefficient (Wildman–Crippen LogP) is 4.70. The Kier molecular flexibility index (Phi) is 6.68. The molecule has 0 saturated heterocycles. The lowest BCUT2D eigenvalue weighted by molar-refractivity contribution is -0.385. The van der Waals surface area contributed by atoms with E-state index in [1.165, 1.54) is 37.7 Å². The van der Waals surface area contributed by atoms with E-state index in [1.54, 1.807) is 29.3 Å². The molecule has 2 aromatic carbocycles. The van der Waals surface area contributed by atoms with Gasteiger partial charge in [-0.05, 0) is 42.0 Å². The highest BCUT2D eigenvalue weighted by Crippen LogP contribution is 2.39. The Bertz CT molecular complexity index is 1280. The summed E-state index contributed by atoms with van der Waals surface area (Å²) in [7, 11) is 1.28. The number of anilines is 2. The number of hydrogen-bond donors (Lipinski definition) is 0. The molecular weight excluding hydrogens is 438 g/mol. The van der Waals surface area contributed by atoms with E-state index in [0.717, 1.165) is 5.56 Å². The summed E-state index contributed by atoms with van der Waals surface area (Å²) < 4.78 is 10.4. The van der Waals surface area contributed by atoms with Crippen LogP contribution in [0.4, 0.5) is 17.3 Å². The molecule has 0 aliphatic heterocycles. The van der Waals surface area contributed by atoms with Gasteiger partial charge in [0.1, 0.15) is 17.9 Å². The van der Waals surface area contributed by atoms with Crippen molar-refractivity contribution in [1.82, 2.24) is 15.0 Å². The third-order valence-corrected chi connectivity index (χ3v) is 4.81. The Morgan fingerprint density at radius 1 is 0.971 bits per heavy atom. The molecule has 170 valence electrons. The quantitative estimate of drug-likeness (QED) is 0.211. The molecule has 2 aromatic heterocycles. The fourth-order valence-corrected chi connectivity index (χ4v) is 3.22. The molecular formula is C24H19N5O5. The number of esters is 1. The van der Waals surface area contributed by atoms with Crippen LogP contribution in [0.15, 0.2) is 85.3 Å². The molecule has 10 heteroatoms. The Morgan fingerprint density at radius 3 is 2.35 bits per heavy atom. The van der Waals surface area contributed by atoms with Gasteiger partial charge in [0.25, 0.3) is 0 Å². The minimum atomic E-state index is -0.589. The Labute approximate surface area is 194 Å². The molecule has 0 N–H and O–H groups in total. The van der Waals surface area contributed by atoms with Gasteiger partial charge in [-0.25, -0.2) is 14.8 Å². The van der Waals surface area contributed by atoms with Crippen molar-refractivity contribution in [1.29, 1.82) is 0 Å². The van der Waals surface area contributed by atoms with Crippen LogP contribution in [-0.4, -0.2) is 33.0 Å². The highest BCUT2D eigenvalue weighted by molar-refractivity contribution is 5.89. The predicted molar refractivity (Wildman–Crippen MR) is 123 cm³/mol. The number of hydrogen-bond acceptors (Lipinski definition) is 9. The SMILES string of the molecule is COC(=O)c1ccc(Oc2ncnc(N(Cc3ccccc3)c3ccccn3)c2[N+](=O)[O-])cc1. The zero-order valence-corrected chi connectivity index (χ0v) is 18.1.